The average Bonchev–Trinajstić information content (AvgIpc) is 2.28. The van der Waals surface area contributed by atoms with Gasteiger partial charge in [0.1, 0.15) is 5.82 Å². The molecular formula is C11H18N4O. The number of anilines is 2. The van der Waals surface area contributed by atoms with Crippen molar-refractivity contribution in [1.29, 1.82) is 0 Å². The van der Waals surface area contributed by atoms with Crippen molar-refractivity contribution in [2.45, 2.75) is 13.8 Å². The number of hydrogen-bond acceptors (Lipinski definition) is 4. The Morgan fingerprint density at radius 1 is 1.56 bits per heavy atom. The Hall–Kier alpha value is -1.78. The van der Waals surface area contributed by atoms with Crippen molar-refractivity contribution in [2.24, 2.45) is 0 Å². The Morgan fingerprint density at radius 3 is 2.88 bits per heavy atom. The number of nitrogens with one attached hydrogen (secondary N) is 1. The second-order valence-electron chi connectivity index (χ2n) is 3.65. The van der Waals surface area contributed by atoms with Crippen molar-refractivity contribution in [2.75, 3.05) is 31.2 Å². The standard InChI is InChI=1S/C11H18N4O/c1-4-15(3)10(16)7-13-11-9(12)6-5-8(2)14-11/h5-6H,4,7,12H2,1-3H3,(H,13,14). The van der Waals surface area contributed by atoms with Gasteiger partial charge in [-0.2, -0.15) is 0 Å². The van der Waals surface area contributed by atoms with Gasteiger partial charge in [-0.1, -0.05) is 0 Å². The molecule has 0 radical (unpaired) electrons. The Balaban J connectivity index is 2.61. The van der Waals surface area contributed by atoms with Crippen LogP contribution in [-0.4, -0.2) is 35.9 Å². The highest BCUT2D eigenvalue weighted by atomic mass is 16.2. The quantitative estimate of drug-likeness (QED) is 0.792. The molecule has 0 atom stereocenters. The second-order valence-corrected chi connectivity index (χ2v) is 3.65. The largest absolute Gasteiger partial charge is 0.396 e. The lowest BCUT2D eigenvalue weighted by Gasteiger charge is -2.15. The van der Waals surface area contributed by atoms with E-state index in [0.717, 1.165) is 5.69 Å². The maximum absolute atomic E-state index is 11.5. The minimum atomic E-state index is 0.0187. The molecule has 0 fully saturated rings. The molecule has 0 saturated carbocycles. The Morgan fingerprint density at radius 2 is 2.25 bits per heavy atom. The van der Waals surface area contributed by atoms with Crippen LogP contribution in [0.3, 0.4) is 0 Å². The van der Waals surface area contributed by atoms with Crippen LogP contribution in [-0.2, 0) is 4.79 Å². The highest BCUT2D eigenvalue weighted by molar-refractivity contribution is 5.81. The predicted molar refractivity (Wildman–Crippen MR) is 65.2 cm³/mol. The molecule has 1 rings (SSSR count). The number of nitrogen functional groups attached to an aromatic ring is 1. The van der Waals surface area contributed by atoms with Gasteiger partial charge in [-0.15, -0.1) is 0 Å². The number of rotatable bonds is 4. The molecule has 0 aromatic carbocycles. The zero-order valence-electron chi connectivity index (χ0n) is 9.95. The molecule has 1 aromatic heterocycles. The third kappa shape index (κ3) is 3.12. The first-order chi connectivity index (χ1) is 7.54. The number of carbonyl (C=O) groups is 1. The van der Waals surface area contributed by atoms with E-state index in [1.54, 1.807) is 18.0 Å². The van der Waals surface area contributed by atoms with E-state index in [1.807, 2.05) is 19.9 Å². The lowest BCUT2D eigenvalue weighted by atomic mass is 10.3. The molecule has 0 spiro atoms. The maximum Gasteiger partial charge on any atom is 0.241 e. The molecule has 0 bridgehead atoms. The lowest BCUT2D eigenvalue weighted by molar-refractivity contribution is -0.127. The van der Waals surface area contributed by atoms with Gasteiger partial charge in [-0.05, 0) is 26.0 Å². The SMILES string of the molecule is CCN(C)C(=O)CNc1nc(C)ccc1N. The second kappa shape index (κ2) is 5.34. The van der Waals surface area contributed by atoms with Crippen LogP contribution in [0.2, 0.25) is 0 Å². The normalized spacial score (nSPS) is 9.94. The zero-order chi connectivity index (χ0) is 12.1. The molecule has 0 aliphatic carbocycles. The zero-order valence-corrected chi connectivity index (χ0v) is 9.95. The number of aryl methyl sites for hydroxylation is 1. The molecule has 1 aromatic rings. The first-order valence-corrected chi connectivity index (χ1v) is 5.25. The molecule has 0 saturated heterocycles. The van der Waals surface area contributed by atoms with Gasteiger partial charge < -0.3 is 16.0 Å². The minimum Gasteiger partial charge on any atom is -0.396 e. The van der Waals surface area contributed by atoms with E-state index in [0.29, 0.717) is 18.1 Å². The van der Waals surface area contributed by atoms with Crippen molar-refractivity contribution in [1.82, 2.24) is 9.88 Å². The summed E-state index contributed by atoms with van der Waals surface area (Å²) in [6.45, 7) is 4.71. The fourth-order valence-corrected chi connectivity index (χ4v) is 1.18. The Kier molecular flexibility index (Phi) is 4.10. The number of amides is 1. The van der Waals surface area contributed by atoms with Crippen LogP contribution in [0, 0.1) is 6.92 Å². The van der Waals surface area contributed by atoms with E-state index in [9.17, 15) is 4.79 Å². The molecular weight excluding hydrogens is 204 g/mol. The molecule has 16 heavy (non-hydrogen) atoms. The highest BCUT2D eigenvalue weighted by Gasteiger charge is 2.07. The van der Waals surface area contributed by atoms with E-state index in [2.05, 4.69) is 10.3 Å². The minimum absolute atomic E-state index is 0.0187. The third-order valence-corrected chi connectivity index (χ3v) is 2.37. The monoisotopic (exact) mass is 222 g/mol. The van der Waals surface area contributed by atoms with E-state index >= 15 is 0 Å². The third-order valence-electron chi connectivity index (χ3n) is 2.37. The number of nitrogens with zero attached hydrogens (tertiary/aromatic N) is 2. The fourth-order valence-electron chi connectivity index (χ4n) is 1.18. The summed E-state index contributed by atoms with van der Waals surface area (Å²) in [7, 11) is 1.76. The Labute approximate surface area is 95.7 Å². The number of likely N-dealkylation sites (N-methyl/N-ethyl adjacent to an activating group) is 1. The van der Waals surface area contributed by atoms with Crippen molar-refractivity contribution in [3.63, 3.8) is 0 Å². The summed E-state index contributed by atoms with van der Waals surface area (Å²) in [4.78, 5) is 17.4. The van der Waals surface area contributed by atoms with Gasteiger partial charge in [-0.3, -0.25) is 4.79 Å². The summed E-state index contributed by atoms with van der Waals surface area (Å²) in [6.07, 6.45) is 0. The summed E-state index contributed by atoms with van der Waals surface area (Å²) >= 11 is 0. The summed E-state index contributed by atoms with van der Waals surface area (Å²) in [5.74, 6) is 0.586. The molecule has 0 aliphatic heterocycles. The van der Waals surface area contributed by atoms with Crippen molar-refractivity contribution < 1.29 is 4.79 Å². The number of hydrogen-bond donors (Lipinski definition) is 2. The number of pyridine rings is 1. The fraction of sp³-hybridized carbons (Fsp3) is 0.455. The van der Waals surface area contributed by atoms with Gasteiger partial charge in [0.15, 0.2) is 0 Å². The van der Waals surface area contributed by atoms with Crippen LogP contribution in [0.15, 0.2) is 12.1 Å². The smallest absolute Gasteiger partial charge is 0.241 e. The van der Waals surface area contributed by atoms with Gasteiger partial charge in [0, 0.05) is 19.3 Å². The van der Waals surface area contributed by atoms with E-state index in [4.69, 9.17) is 5.73 Å². The maximum atomic E-state index is 11.5. The molecule has 0 unspecified atom stereocenters. The van der Waals surface area contributed by atoms with Gasteiger partial charge in [0.05, 0.1) is 12.2 Å². The van der Waals surface area contributed by atoms with Crippen LogP contribution < -0.4 is 11.1 Å². The molecule has 1 amide bonds. The molecule has 5 nitrogen and oxygen atoms in total. The van der Waals surface area contributed by atoms with E-state index in [1.165, 1.54) is 0 Å². The van der Waals surface area contributed by atoms with Gasteiger partial charge in [0.2, 0.25) is 5.91 Å². The van der Waals surface area contributed by atoms with E-state index < -0.39 is 0 Å². The van der Waals surface area contributed by atoms with Gasteiger partial charge >= 0.3 is 0 Å². The Bertz CT molecular complexity index is 378. The van der Waals surface area contributed by atoms with Crippen LogP contribution in [0.4, 0.5) is 11.5 Å². The van der Waals surface area contributed by atoms with E-state index in [-0.39, 0.29) is 12.5 Å². The highest BCUT2D eigenvalue weighted by Crippen LogP contribution is 2.14. The summed E-state index contributed by atoms with van der Waals surface area (Å²) < 4.78 is 0. The molecule has 0 aliphatic rings. The molecule has 1 heterocycles. The van der Waals surface area contributed by atoms with Gasteiger partial charge in [-0.25, -0.2) is 4.98 Å². The van der Waals surface area contributed by atoms with Crippen LogP contribution in [0.1, 0.15) is 12.6 Å². The van der Waals surface area contributed by atoms with Crippen LogP contribution >= 0.6 is 0 Å². The van der Waals surface area contributed by atoms with Crippen LogP contribution in [0.25, 0.3) is 0 Å². The molecule has 5 heteroatoms. The first-order valence-electron chi connectivity index (χ1n) is 5.25. The number of aromatic nitrogens is 1. The number of carbonyl (C=O) groups excluding carboxylic acids is 1. The summed E-state index contributed by atoms with van der Waals surface area (Å²) in [6, 6.07) is 3.61. The summed E-state index contributed by atoms with van der Waals surface area (Å²) in [5.41, 5.74) is 7.16. The molecule has 3 N–H and O–H groups in total. The first kappa shape index (κ1) is 12.3. The predicted octanol–water partition coefficient (Wildman–Crippen LogP) is 0.862. The van der Waals surface area contributed by atoms with Crippen molar-refractivity contribution in [3.05, 3.63) is 17.8 Å². The van der Waals surface area contributed by atoms with Crippen LogP contribution in [0.5, 0.6) is 0 Å². The van der Waals surface area contributed by atoms with Crippen molar-refractivity contribution >= 4 is 17.4 Å². The number of nitrogens with two attached hydrogens (primary N) is 1. The summed E-state index contributed by atoms with van der Waals surface area (Å²) in [5, 5.41) is 2.94. The van der Waals surface area contributed by atoms with Gasteiger partial charge in [0.25, 0.3) is 0 Å². The topological polar surface area (TPSA) is 71.2 Å². The lowest BCUT2D eigenvalue weighted by Crippen LogP contribution is -2.32. The van der Waals surface area contributed by atoms with Crippen molar-refractivity contribution in [3.8, 4) is 0 Å². The molecule has 88 valence electrons. The average molecular weight is 222 g/mol.